The van der Waals surface area contributed by atoms with Gasteiger partial charge in [0.05, 0.1) is 13.0 Å². The Bertz CT molecular complexity index is 438. The van der Waals surface area contributed by atoms with E-state index in [1.54, 1.807) is 6.92 Å². The van der Waals surface area contributed by atoms with Crippen molar-refractivity contribution in [2.75, 3.05) is 13.2 Å². The van der Waals surface area contributed by atoms with Crippen LogP contribution in [0.1, 0.15) is 24.8 Å². The highest BCUT2D eigenvalue weighted by Crippen LogP contribution is 2.25. The lowest BCUT2D eigenvalue weighted by Crippen LogP contribution is -2.19. The number of benzene rings is 1. The SMILES string of the molecule is CCOC(=O)CC(CN)c1ccc(F)c(F)c1F. The topological polar surface area (TPSA) is 52.3 Å². The van der Waals surface area contributed by atoms with Gasteiger partial charge in [0.2, 0.25) is 0 Å². The number of hydrogen-bond acceptors (Lipinski definition) is 3. The van der Waals surface area contributed by atoms with Gasteiger partial charge in [-0.2, -0.15) is 0 Å². The standard InChI is InChI=1S/C12H14F3NO2/c1-2-18-10(17)5-7(6-16)8-3-4-9(13)12(15)11(8)14/h3-4,7H,2,5-6,16H2,1H3. The minimum Gasteiger partial charge on any atom is -0.466 e. The number of halogens is 3. The van der Waals surface area contributed by atoms with Gasteiger partial charge in [-0.3, -0.25) is 4.79 Å². The van der Waals surface area contributed by atoms with Crippen LogP contribution in [-0.4, -0.2) is 19.1 Å². The minimum absolute atomic E-state index is 0.0686. The van der Waals surface area contributed by atoms with Crippen LogP contribution < -0.4 is 5.73 Å². The summed E-state index contributed by atoms with van der Waals surface area (Å²) in [5.41, 5.74) is 5.29. The zero-order valence-corrected chi connectivity index (χ0v) is 9.88. The second-order valence-electron chi connectivity index (χ2n) is 3.71. The molecular weight excluding hydrogens is 247 g/mol. The molecule has 1 atom stereocenters. The lowest BCUT2D eigenvalue weighted by molar-refractivity contribution is -0.143. The molecule has 0 saturated carbocycles. The molecule has 18 heavy (non-hydrogen) atoms. The fraction of sp³-hybridized carbons (Fsp3) is 0.417. The Labute approximate surface area is 103 Å². The van der Waals surface area contributed by atoms with Gasteiger partial charge in [0.25, 0.3) is 0 Å². The van der Waals surface area contributed by atoms with Crippen molar-refractivity contribution in [1.82, 2.24) is 0 Å². The highest BCUT2D eigenvalue weighted by atomic mass is 19.2. The molecule has 0 aliphatic rings. The maximum atomic E-state index is 13.5. The average molecular weight is 261 g/mol. The molecule has 0 bridgehead atoms. The molecule has 0 saturated heterocycles. The fourth-order valence-electron chi connectivity index (χ4n) is 1.60. The van der Waals surface area contributed by atoms with Crippen LogP contribution in [0.25, 0.3) is 0 Å². The van der Waals surface area contributed by atoms with E-state index < -0.39 is 29.3 Å². The third kappa shape index (κ3) is 3.22. The number of ether oxygens (including phenoxy) is 1. The Balaban J connectivity index is 2.95. The van der Waals surface area contributed by atoms with Gasteiger partial charge in [0, 0.05) is 5.92 Å². The van der Waals surface area contributed by atoms with E-state index in [1.807, 2.05) is 0 Å². The van der Waals surface area contributed by atoms with Crippen molar-refractivity contribution >= 4 is 5.97 Å². The Kier molecular flexibility index (Phi) is 5.15. The van der Waals surface area contributed by atoms with Crippen LogP contribution in [0, 0.1) is 17.5 Å². The molecule has 0 spiro atoms. The van der Waals surface area contributed by atoms with Crippen LogP contribution in [-0.2, 0) is 9.53 Å². The van der Waals surface area contributed by atoms with Gasteiger partial charge in [0.15, 0.2) is 17.5 Å². The van der Waals surface area contributed by atoms with E-state index in [0.717, 1.165) is 12.1 Å². The second-order valence-corrected chi connectivity index (χ2v) is 3.71. The second kappa shape index (κ2) is 6.39. The van der Waals surface area contributed by atoms with Crippen LogP contribution in [0.3, 0.4) is 0 Å². The molecule has 1 unspecified atom stereocenters. The predicted molar refractivity (Wildman–Crippen MR) is 59.4 cm³/mol. The fourth-order valence-corrected chi connectivity index (χ4v) is 1.60. The van der Waals surface area contributed by atoms with Gasteiger partial charge in [-0.1, -0.05) is 6.07 Å². The summed E-state index contributed by atoms with van der Waals surface area (Å²) in [6.07, 6.45) is -0.174. The molecule has 100 valence electrons. The molecule has 0 radical (unpaired) electrons. The van der Waals surface area contributed by atoms with Crippen LogP contribution in [0.5, 0.6) is 0 Å². The number of carbonyl (C=O) groups excluding carboxylic acids is 1. The van der Waals surface area contributed by atoms with Crippen LogP contribution in [0.15, 0.2) is 12.1 Å². The number of carbonyl (C=O) groups is 1. The molecular formula is C12H14F3NO2. The summed E-state index contributed by atoms with van der Waals surface area (Å²) < 4.78 is 44.1. The van der Waals surface area contributed by atoms with Crippen LogP contribution in [0.4, 0.5) is 13.2 Å². The zero-order valence-electron chi connectivity index (χ0n) is 9.88. The van der Waals surface area contributed by atoms with Crippen molar-refractivity contribution in [3.8, 4) is 0 Å². The summed E-state index contributed by atoms with van der Waals surface area (Å²) in [6, 6.07) is 1.89. The Hall–Kier alpha value is -1.56. The van der Waals surface area contributed by atoms with Crippen molar-refractivity contribution in [2.45, 2.75) is 19.3 Å². The predicted octanol–water partition coefficient (Wildman–Crippen LogP) is 2.10. The Morgan fingerprint density at radius 3 is 2.56 bits per heavy atom. The van der Waals surface area contributed by atoms with E-state index in [2.05, 4.69) is 0 Å². The zero-order chi connectivity index (χ0) is 13.7. The van der Waals surface area contributed by atoms with Gasteiger partial charge in [0.1, 0.15) is 0 Å². The highest BCUT2D eigenvalue weighted by molar-refractivity contribution is 5.70. The normalized spacial score (nSPS) is 12.3. The number of hydrogen-bond donors (Lipinski definition) is 1. The van der Waals surface area contributed by atoms with Gasteiger partial charge >= 0.3 is 5.97 Å². The lowest BCUT2D eigenvalue weighted by Gasteiger charge is -2.15. The maximum absolute atomic E-state index is 13.5. The molecule has 0 amide bonds. The monoisotopic (exact) mass is 261 g/mol. The summed E-state index contributed by atoms with van der Waals surface area (Å²) in [5.74, 6) is -5.44. The molecule has 0 aliphatic heterocycles. The summed E-state index contributed by atoms with van der Waals surface area (Å²) in [6.45, 7) is 1.75. The van der Waals surface area contributed by atoms with Crippen molar-refractivity contribution in [1.29, 1.82) is 0 Å². The molecule has 2 N–H and O–H groups in total. The third-order valence-electron chi connectivity index (χ3n) is 2.51. The summed E-state index contributed by atoms with van der Waals surface area (Å²) in [7, 11) is 0. The Morgan fingerprint density at radius 2 is 2.00 bits per heavy atom. The molecule has 0 fully saturated rings. The molecule has 0 aromatic heterocycles. The smallest absolute Gasteiger partial charge is 0.306 e. The van der Waals surface area contributed by atoms with Gasteiger partial charge < -0.3 is 10.5 Å². The molecule has 1 aromatic carbocycles. The first-order chi connectivity index (χ1) is 8.51. The molecule has 1 aromatic rings. The maximum Gasteiger partial charge on any atom is 0.306 e. The summed E-state index contributed by atoms with van der Waals surface area (Å²) >= 11 is 0. The van der Waals surface area contributed by atoms with Crippen molar-refractivity contribution in [2.24, 2.45) is 5.73 Å². The number of nitrogens with two attached hydrogens (primary N) is 1. The largest absolute Gasteiger partial charge is 0.466 e. The number of esters is 1. The van der Waals surface area contributed by atoms with E-state index in [0.29, 0.717) is 0 Å². The average Bonchev–Trinajstić information content (AvgIpc) is 2.34. The van der Waals surface area contributed by atoms with E-state index in [4.69, 9.17) is 10.5 Å². The lowest BCUT2D eigenvalue weighted by atomic mass is 9.95. The van der Waals surface area contributed by atoms with Gasteiger partial charge in [-0.05, 0) is 25.1 Å². The molecule has 0 aliphatic carbocycles. The minimum atomic E-state index is -1.56. The van der Waals surface area contributed by atoms with E-state index in [9.17, 15) is 18.0 Å². The first kappa shape index (κ1) is 14.5. The highest BCUT2D eigenvalue weighted by Gasteiger charge is 2.22. The van der Waals surface area contributed by atoms with E-state index in [1.165, 1.54) is 0 Å². The number of rotatable bonds is 5. The first-order valence-electron chi connectivity index (χ1n) is 5.50. The van der Waals surface area contributed by atoms with Crippen LogP contribution in [0.2, 0.25) is 0 Å². The van der Waals surface area contributed by atoms with E-state index >= 15 is 0 Å². The summed E-state index contributed by atoms with van der Waals surface area (Å²) in [4.78, 5) is 11.3. The molecule has 0 heterocycles. The Morgan fingerprint density at radius 1 is 1.33 bits per heavy atom. The van der Waals surface area contributed by atoms with E-state index in [-0.39, 0.29) is 25.1 Å². The molecule has 1 rings (SSSR count). The third-order valence-corrected chi connectivity index (χ3v) is 2.51. The van der Waals surface area contributed by atoms with Crippen molar-refractivity contribution in [3.63, 3.8) is 0 Å². The van der Waals surface area contributed by atoms with Gasteiger partial charge in [-0.25, -0.2) is 13.2 Å². The molecule has 6 heteroatoms. The quantitative estimate of drug-likeness (QED) is 0.652. The van der Waals surface area contributed by atoms with Crippen molar-refractivity contribution < 1.29 is 22.7 Å². The molecule has 3 nitrogen and oxygen atoms in total. The summed E-state index contributed by atoms with van der Waals surface area (Å²) in [5, 5.41) is 0. The van der Waals surface area contributed by atoms with Crippen LogP contribution >= 0.6 is 0 Å². The van der Waals surface area contributed by atoms with Crippen molar-refractivity contribution in [3.05, 3.63) is 35.1 Å². The van der Waals surface area contributed by atoms with Gasteiger partial charge in [-0.15, -0.1) is 0 Å². The first-order valence-corrected chi connectivity index (χ1v) is 5.50.